The van der Waals surface area contributed by atoms with E-state index in [1.165, 1.54) is 112 Å². The van der Waals surface area contributed by atoms with Gasteiger partial charge in [-0.05, 0) is 198 Å². The van der Waals surface area contributed by atoms with Gasteiger partial charge in [-0.25, -0.2) is 33.6 Å². The number of carbonyl (C=O) groups is 7. The summed E-state index contributed by atoms with van der Waals surface area (Å²) in [5.74, 6) is 0.0381. The number of hydrogen-bond donors (Lipinski definition) is 0. The van der Waals surface area contributed by atoms with E-state index in [0.29, 0.717) is 91.9 Å². The fourth-order valence-corrected chi connectivity index (χ4v) is 8.96. The third-order valence-corrected chi connectivity index (χ3v) is 16.2. The molecule has 2 aliphatic rings. The van der Waals surface area contributed by atoms with Crippen molar-refractivity contribution in [3.8, 4) is 11.5 Å². The maximum Gasteiger partial charge on any atom is 0.333 e. The molecule has 112 heavy (non-hydrogen) atoms. The Morgan fingerprint density at radius 3 is 0.696 bits per heavy atom. The smallest absolute Gasteiger partial charge is 0.333 e. The zero-order chi connectivity index (χ0) is 85.4. The molecule has 0 amide bonds. The molecule has 0 bridgehead atoms. The van der Waals surface area contributed by atoms with E-state index < -0.39 is 0 Å². The van der Waals surface area contributed by atoms with Gasteiger partial charge in [0.25, 0.3) is 0 Å². The summed E-state index contributed by atoms with van der Waals surface area (Å²) < 4.78 is 59.8. The molecule has 0 unspecified atom stereocenters. The van der Waals surface area contributed by atoms with Gasteiger partial charge in [-0.15, -0.1) is 0 Å². The van der Waals surface area contributed by atoms with Crippen LogP contribution in [-0.4, -0.2) is 143 Å². The zero-order valence-electron chi connectivity index (χ0n) is 73.3. The van der Waals surface area contributed by atoms with Crippen molar-refractivity contribution >= 4 is 41.8 Å². The fraction of sp³-hybridized carbons (Fsp3) is 0.645. The van der Waals surface area contributed by atoms with Crippen molar-refractivity contribution < 1.29 is 90.4 Å². The summed E-state index contributed by atoms with van der Waals surface area (Å²) in [6.45, 7) is 53.5. The van der Waals surface area contributed by atoms with Gasteiger partial charge >= 0.3 is 41.8 Å². The van der Waals surface area contributed by atoms with Crippen LogP contribution >= 0.6 is 0 Å². The van der Waals surface area contributed by atoms with Crippen LogP contribution in [0.4, 0.5) is 0 Å². The molecule has 0 fully saturated rings. The lowest BCUT2D eigenvalue weighted by Gasteiger charge is -2.19. The Hall–Kier alpha value is -7.61. The number of esters is 7. The summed E-state index contributed by atoms with van der Waals surface area (Å²) in [4.78, 5) is 76.0. The summed E-state index contributed by atoms with van der Waals surface area (Å²) in [6.07, 6.45) is 37.3. The lowest BCUT2D eigenvalue weighted by Crippen LogP contribution is -2.08. The number of benzene rings is 2. The Kier molecular flexibility index (Phi) is 83.5. The molecule has 0 aliphatic heterocycles. The van der Waals surface area contributed by atoms with Gasteiger partial charge in [-0.3, -0.25) is 0 Å². The number of fused-ring (bicyclic) bond motifs is 2. The number of rotatable bonds is 52. The van der Waals surface area contributed by atoms with Crippen LogP contribution in [-0.2, 0) is 107 Å². The van der Waals surface area contributed by atoms with Crippen molar-refractivity contribution in [3.63, 3.8) is 0 Å². The molecule has 0 atom stereocenters. The summed E-state index contributed by atoms with van der Waals surface area (Å²) in [7, 11) is 6.80. The predicted molar refractivity (Wildman–Crippen MR) is 458 cm³/mol. The molecular formula is C93H156O19. The SMILES string of the molecule is C=C(C)C(=O)OCCCC.C=C(C)C(=O)OCCCCC.C=C(C)C(=O)OCCCCCC.C=C(C)C(=O)OCCCCCCC.C=C(C)C(=O)OCCCCCCCCC.C=C(C)C(=O)OCCCCCCOC.C=C(C)C(=O)OCCCCOC.COCCCCOc1ccc2c(c1)CC2.COc1ccc2c(c1)CC2. The van der Waals surface area contributed by atoms with Crippen LogP contribution in [0.15, 0.2) is 121 Å². The Bertz CT molecular complexity index is 2810. The van der Waals surface area contributed by atoms with Crippen LogP contribution in [0.2, 0.25) is 0 Å². The summed E-state index contributed by atoms with van der Waals surface area (Å²) in [6, 6.07) is 12.7. The van der Waals surface area contributed by atoms with Gasteiger partial charge in [-0.1, -0.05) is 202 Å². The minimum absolute atomic E-state index is 0.263. The van der Waals surface area contributed by atoms with Gasteiger partial charge in [0.1, 0.15) is 11.5 Å². The average molecular weight is 1580 g/mol. The van der Waals surface area contributed by atoms with Gasteiger partial charge in [0.05, 0.1) is 60.0 Å². The van der Waals surface area contributed by atoms with Crippen LogP contribution in [0.1, 0.15) is 292 Å². The van der Waals surface area contributed by atoms with E-state index in [4.69, 9.17) is 56.8 Å². The second kappa shape index (κ2) is 82.8. The maximum atomic E-state index is 11.0. The molecule has 4 rings (SSSR count). The first-order valence-electron chi connectivity index (χ1n) is 41.2. The molecule has 0 aromatic heterocycles. The fourth-order valence-electron chi connectivity index (χ4n) is 8.96. The Morgan fingerprint density at radius 2 is 0.446 bits per heavy atom. The van der Waals surface area contributed by atoms with E-state index in [0.717, 1.165) is 153 Å². The summed E-state index contributed by atoms with van der Waals surface area (Å²) >= 11 is 0. The van der Waals surface area contributed by atoms with Crippen LogP contribution < -0.4 is 9.47 Å². The monoisotopic (exact) mass is 1580 g/mol. The van der Waals surface area contributed by atoms with E-state index in [2.05, 4.69) is 111 Å². The molecule has 0 radical (unpaired) electrons. The molecule has 19 nitrogen and oxygen atoms in total. The lowest BCUT2D eigenvalue weighted by atomic mass is 9.89. The van der Waals surface area contributed by atoms with Crippen LogP contribution in [0, 0.1) is 0 Å². The number of hydrogen-bond acceptors (Lipinski definition) is 19. The molecule has 19 heteroatoms. The average Bonchev–Trinajstić information content (AvgIpc) is 0.830. The van der Waals surface area contributed by atoms with Gasteiger partial charge in [0.15, 0.2) is 0 Å². The quantitative estimate of drug-likeness (QED) is 0.0259. The van der Waals surface area contributed by atoms with Gasteiger partial charge < -0.3 is 56.8 Å². The summed E-state index contributed by atoms with van der Waals surface area (Å²) in [5, 5.41) is 0. The number of aryl methyl sites for hydroxylation is 4. The van der Waals surface area contributed by atoms with Gasteiger partial charge in [-0.2, -0.15) is 0 Å². The Labute approximate surface area is 680 Å². The topological polar surface area (TPSA) is 230 Å². The van der Waals surface area contributed by atoms with Gasteiger partial charge in [0, 0.05) is 80.2 Å². The first kappa shape index (κ1) is 113. The molecular weight excluding hydrogens is 1420 g/mol. The number of carbonyl (C=O) groups excluding carboxylic acids is 7. The first-order valence-corrected chi connectivity index (χ1v) is 41.2. The van der Waals surface area contributed by atoms with Crippen molar-refractivity contribution in [2.75, 3.05) is 101 Å². The molecule has 0 N–H and O–H groups in total. The molecule has 0 saturated carbocycles. The van der Waals surface area contributed by atoms with Crippen molar-refractivity contribution in [1.29, 1.82) is 0 Å². The highest BCUT2D eigenvalue weighted by molar-refractivity contribution is 5.89. The molecule has 2 aromatic rings. The van der Waals surface area contributed by atoms with E-state index in [1.54, 1.807) is 76.9 Å². The standard InChI is InChI=1S/C13H18O2.C13H24O2.C11H20O3.C11H20O2.C10H18O2.C9H16O3.C9H16O2.C9H10O.C8H14O2/c1-14-8-2-3-9-15-13-7-6-11-4-5-12(11)10-13;1-4-5-6-7-8-9-10-11-15-13(14)12(2)3;1-10(2)11(12)14-9-7-5-4-6-8-13-3;1-4-5-6-7-8-9-13-11(12)10(2)3;1-4-5-6-7-8-12-10(11)9(2)3;1-8(2)9(10)12-7-5-4-6-11-3;1-4-5-6-7-11-9(10)8(2)3;1-10-9-5-4-7-2-3-8(7)6-9;1-4-5-6-10-8(9)7(2)3/h6-7,10H,2-5,8-9H2,1H3;2,4-11H2,1,3H3;1,4-9H2,2-3H3;2,4-9H2,1,3H3;2,4-8H2,1,3H3;1,4-7H2,2-3H3;2,4-7H2,1,3H3;4-6H,2-3H2,1H3;2,4-6H2,1,3H3. The Balaban J connectivity index is -0.000000385. The number of methoxy groups -OCH3 is 4. The first-order chi connectivity index (χ1) is 53.6. The van der Waals surface area contributed by atoms with E-state index in [9.17, 15) is 33.6 Å². The van der Waals surface area contributed by atoms with Crippen molar-refractivity contribution in [3.05, 3.63) is 144 Å². The number of unbranched alkanes of at least 4 members (excludes halogenated alkanes) is 21. The number of ether oxygens (including phenoxy) is 12. The molecule has 2 aromatic carbocycles. The maximum absolute atomic E-state index is 11.0. The molecule has 0 spiro atoms. The molecule has 642 valence electrons. The Morgan fingerprint density at radius 1 is 0.250 bits per heavy atom. The highest BCUT2D eigenvalue weighted by Crippen LogP contribution is 2.28. The van der Waals surface area contributed by atoms with Crippen molar-refractivity contribution in [1.82, 2.24) is 0 Å². The normalized spacial score (nSPS) is 10.4. The summed E-state index contributed by atoms with van der Waals surface area (Å²) in [5.41, 5.74) is 9.19. The van der Waals surface area contributed by atoms with Crippen LogP contribution in [0.5, 0.6) is 11.5 Å². The minimum atomic E-state index is -0.313. The van der Waals surface area contributed by atoms with E-state index >= 15 is 0 Å². The van der Waals surface area contributed by atoms with Crippen LogP contribution in [0.3, 0.4) is 0 Å². The highest BCUT2D eigenvalue weighted by atomic mass is 16.6. The molecule has 0 saturated heterocycles. The third-order valence-electron chi connectivity index (χ3n) is 16.2. The minimum Gasteiger partial charge on any atom is -0.497 e. The van der Waals surface area contributed by atoms with Crippen molar-refractivity contribution in [2.24, 2.45) is 0 Å². The van der Waals surface area contributed by atoms with Crippen LogP contribution in [0.25, 0.3) is 0 Å². The zero-order valence-corrected chi connectivity index (χ0v) is 73.3. The third kappa shape index (κ3) is 76.4. The van der Waals surface area contributed by atoms with E-state index in [-0.39, 0.29) is 41.8 Å². The lowest BCUT2D eigenvalue weighted by molar-refractivity contribution is -0.140. The van der Waals surface area contributed by atoms with E-state index in [1.807, 2.05) is 6.07 Å². The molecule has 0 heterocycles. The highest BCUT2D eigenvalue weighted by Gasteiger charge is 2.14. The van der Waals surface area contributed by atoms with Gasteiger partial charge in [0.2, 0.25) is 0 Å². The molecule has 2 aliphatic carbocycles. The predicted octanol–water partition coefficient (Wildman–Crippen LogP) is 22.0. The van der Waals surface area contributed by atoms with Crippen molar-refractivity contribution in [2.45, 2.75) is 295 Å². The second-order valence-electron chi connectivity index (χ2n) is 27.8. The second-order valence-corrected chi connectivity index (χ2v) is 27.8. The largest absolute Gasteiger partial charge is 0.497 e.